The van der Waals surface area contributed by atoms with Crippen molar-refractivity contribution in [2.45, 2.75) is 13.1 Å². The van der Waals surface area contributed by atoms with Crippen LogP contribution < -0.4 is 10.1 Å². The van der Waals surface area contributed by atoms with Crippen molar-refractivity contribution in [2.75, 3.05) is 7.11 Å². The first kappa shape index (κ1) is 13.9. The molecule has 2 aromatic heterocycles. The van der Waals surface area contributed by atoms with Crippen LogP contribution in [0.2, 0.25) is 0 Å². The van der Waals surface area contributed by atoms with Crippen molar-refractivity contribution in [3.8, 4) is 16.5 Å². The topological polar surface area (TPSA) is 47.3 Å². The smallest absolute Gasteiger partial charge is 0.162 e. The molecule has 0 aliphatic carbocycles. The van der Waals surface area contributed by atoms with Gasteiger partial charge in [0.25, 0.3) is 0 Å². The molecule has 21 heavy (non-hydrogen) atoms. The van der Waals surface area contributed by atoms with Gasteiger partial charge in [0, 0.05) is 18.5 Å². The van der Waals surface area contributed by atoms with E-state index < -0.39 is 0 Å². The molecular formula is C16H16N2O2S. The number of furan rings is 1. The molecule has 0 bridgehead atoms. The Kier molecular flexibility index (Phi) is 4.33. The second-order valence-corrected chi connectivity index (χ2v) is 5.43. The number of thiazole rings is 1. The average molecular weight is 300 g/mol. The lowest BCUT2D eigenvalue weighted by Gasteiger charge is -2.04. The second kappa shape index (κ2) is 6.56. The largest absolute Gasteiger partial charge is 0.497 e. The molecule has 0 radical (unpaired) electrons. The number of ether oxygens (including phenoxy) is 1. The Bertz CT molecular complexity index is 675. The van der Waals surface area contributed by atoms with Gasteiger partial charge in [0.05, 0.1) is 19.1 Å². The van der Waals surface area contributed by atoms with Crippen molar-refractivity contribution in [3.05, 3.63) is 59.3 Å². The van der Waals surface area contributed by atoms with Crippen molar-refractivity contribution in [2.24, 2.45) is 0 Å². The zero-order valence-corrected chi connectivity index (χ0v) is 12.5. The highest BCUT2D eigenvalue weighted by atomic mass is 32.1. The fraction of sp³-hybridized carbons (Fsp3) is 0.188. The molecular weight excluding hydrogens is 284 g/mol. The third-order valence-electron chi connectivity index (χ3n) is 3.08. The van der Waals surface area contributed by atoms with Gasteiger partial charge >= 0.3 is 0 Å². The van der Waals surface area contributed by atoms with Crippen LogP contribution in [0.5, 0.6) is 5.75 Å². The number of nitrogens with zero attached hydrogens (tertiary/aromatic N) is 1. The first-order valence-corrected chi connectivity index (χ1v) is 7.55. The van der Waals surface area contributed by atoms with Crippen LogP contribution in [-0.4, -0.2) is 12.1 Å². The Balaban J connectivity index is 1.53. The highest BCUT2D eigenvalue weighted by Crippen LogP contribution is 2.23. The van der Waals surface area contributed by atoms with Gasteiger partial charge in [0.1, 0.15) is 5.75 Å². The van der Waals surface area contributed by atoms with E-state index in [0.717, 1.165) is 35.3 Å². The van der Waals surface area contributed by atoms with E-state index in [-0.39, 0.29) is 0 Å². The van der Waals surface area contributed by atoms with Gasteiger partial charge in [-0.15, -0.1) is 11.3 Å². The summed E-state index contributed by atoms with van der Waals surface area (Å²) < 4.78 is 10.5. The molecule has 0 saturated heterocycles. The van der Waals surface area contributed by atoms with Crippen LogP contribution in [0, 0.1) is 0 Å². The van der Waals surface area contributed by atoms with E-state index in [0.29, 0.717) is 0 Å². The highest BCUT2D eigenvalue weighted by molar-refractivity contribution is 7.13. The summed E-state index contributed by atoms with van der Waals surface area (Å²) in [6, 6.07) is 11.8. The summed E-state index contributed by atoms with van der Waals surface area (Å²) in [7, 11) is 1.67. The zero-order valence-electron chi connectivity index (χ0n) is 11.7. The van der Waals surface area contributed by atoms with Crippen LogP contribution in [0.1, 0.15) is 11.3 Å². The van der Waals surface area contributed by atoms with Crippen LogP contribution in [0.25, 0.3) is 10.8 Å². The van der Waals surface area contributed by atoms with Crippen molar-refractivity contribution < 1.29 is 9.15 Å². The van der Waals surface area contributed by atoms with E-state index in [9.17, 15) is 0 Å². The van der Waals surface area contributed by atoms with Gasteiger partial charge in [-0.1, -0.05) is 12.1 Å². The number of hydrogen-bond donors (Lipinski definition) is 1. The summed E-state index contributed by atoms with van der Waals surface area (Å²) >= 11 is 1.60. The number of benzene rings is 1. The van der Waals surface area contributed by atoms with Crippen molar-refractivity contribution >= 4 is 11.3 Å². The molecule has 0 unspecified atom stereocenters. The molecule has 5 heteroatoms. The van der Waals surface area contributed by atoms with Crippen LogP contribution in [0.3, 0.4) is 0 Å². The van der Waals surface area contributed by atoms with Crippen molar-refractivity contribution in [3.63, 3.8) is 0 Å². The Morgan fingerprint density at radius 1 is 1.19 bits per heavy atom. The molecule has 0 amide bonds. The van der Waals surface area contributed by atoms with Gasteiger partial charge in [-0.2, -0.15) is 0 Å². The fourth-order valence-corrected chi connectivity index (χ4v) is 2.77. The summed E-state index contributed by atoms with van der Waals surface area (Å²) in [4.78, 5) is 4.55. The minimum absolute atomic E-state index is 0.739. The Morgan fingerprint density at radius 2 is 2.05 bits per heavy atom. The van der Waals surface area contributed by atoms with Gasteiger partial charge in [0.2, 0.25) is 0 Å². The monoisotopic (exact) mass is 300 g/mol. The van der Waals surface area contributed by atoms with Gasteiger partial charge in [0.15, 0.2) is 10.8 Å². The summed E-state index contributed by atoms with van der Waals surface area (Å²) in [5, 5.41) is 6.36. The third-order valence-corrected chi connectivity index (χ3v) is 3.98. The number of nitrogens with one attached hydrogen (secondary N) is 1. The fourth-order valence-electron chi connectivity index (χ4n) is 1.98. The molecule has 0 atom stereocenters. The molecule has 1 N–H and O–H groups in total. The van der Waals surface area contributed by atoms with E-state index in [4.69, 9.17) is 9.15 Å². The molecule has 108 valence electrons. The van der Waals surface area contributed by atoms with Crippen LogP contribution in [-0.2, 0) is 13.1 Å². The maximum absolute atomic E-state index is 5.34. The van der Waals surface area contributed by atoms with Crippen LogP contribution in [0.4, 0.5) is 0 Å². The zero-order chi connectivity index (χ0) is 14.5. The molecule has 3 rings (SSSR count). The SMILES string of the molecule is COc1ccc(CNCc2csc(-c3ccco3)n2)cc1. The summed E-state index contributed by atoms with van der Waals surface area (Å²) in [5.41, 5.74) is 2.25. The standard InChI is InChI=1S/C16H16N2O2S/c1-19-14-6-4-12(5-7-14)9-17-10-13-11-21-16(18-13)15-3-2-8-20-15/h2-8,11,17H,9-10H2,1H3. The average Bonchev–Trinajstić information content (AvgIpc) is 3.19. The quantitative estimate of drug-likeness (QED) is 0.754. The van der Waals surface area contributed by atoms with E-state index in [2.05, 4.69) is 27.8 Å². The first-order chi connectivity index (χ1) is 10.3. The maximum Gasteiger partial charge on any atom is 0.162 e. The number of hydrogen-bond acceptors (Lipinski definition) is 5. The van der Waals surface area contributed by atoms with Crippen molar-refractivity contribution in [1.29, 1.82) is 0 Å². The number of rotatable bonds is 6. The highest BCUT2D eigenvalue weighted by Gasteiger charge is 2.06. The first-order valence-electron chi connectivity index (χ1n) is 6.67. The third kappa shape index (κ3) is 3.51. The van der Waals surface area contributed by atoms with Gasteiger partial charge in [-0.25, -0.2) is 4.98 Å². The Hall–Kier alpha value is -2.11. The Morgan fingerprint density at radius 3 is 2.76 bits per heavy atom. The van der Waals surface area contributed by atoms with E-state index in [1.54, 1.807) is 24.7 Å². The molecule has 0 aliphatic rings. The van der Waals surface area contributed by atoms with E-state index in [1.807, 2.05) is 24.3 Å². The lowest BCUT2D eigenvalue weighted by molar-refractivity contribution is 0.414. The summed E-state index contributed by atoms with van der Waals surface area (Å²) in [6.07, 6.45) is 1.67. The molecule has 0 aliphatic heterocycles. The summed E-state index contributed by atoms with van der Waals surface area (Å²) in [5.74, 6) is 1.70. The van der Waals surface area contributed by atoms with Crippen LogP contribution >= 0.6 is 11.3 Å². The maximum atomic E-state index is 5.34. The molecule has 0 fully saturated rings. The predicted molar refractivity (Wildman–Crippen MR) is 83.4 cm³/mol. The molecule has 0 spiro atoms. The normalized spacial score (nSPS) is 10.7. The predicted octanol–water partition coefficient (Wildman–Crippen LogP) is 3.70. The van der Waals surface area contributed by atoms with Gasteiger partial charge in [-0.3, -0.25) is 0 Å². The van der Waals surface area contributed by atoms with Crippen LogP contribution in [0.15, 0.2) is 52.5 Å². The summed E-state index contributed by atoms with van der Waals surface area (Å²) in [6.45, 7) is 1.54. The lowest BCUT2D eigenvalue weighted by Crippen LogP contribution is -2.12. The molecule has 2 heterocycles. The number of aromatic nitrogens is 1. The van der Waals surface area contributed by atoms with Gasteiger partial charge < -0.3 is 14.5 Å². The van der Waals surface area contributed by atoms with Gasteiger partial charge in [-0.05, 0) is 29.8 Å². The molecule has 3 aromatic rings. The minimum Gasteiger partial charge on any atom is -0.497 e. The number of methoxy groups -OCH3 is 1. The van der Waals surface area contributed by atoms with E-state index in [1.165, 1.54) is 5.56 Å². The van der Waals surface area contributed by atoms with E-state index >= 15 is 0 Å². The Labute approximate surface area is 127 Å². The molecule has 1 aromatic carbocycles. The van der Waals surface area contributed by atoms with Crippen molar-refractivity contribution in [1.82, 2.24) is 10.3 Å². The molecule has 0 saturated carbocycles. The minimum atomic E-state index is 0.739. The second-order valence-electron chi connectivity index (χ2n) is 4.57. The molecule has 4 nitrogen and oxygen atoms in total. The lowest BCUT2D eigenvalue weighted by atomic mass is 10.2.